The Hall–Kier alpha value is -1.39. The first-order valence-corrected chi connectivity index (χ1v) is 6.68. The first-order chi connectivity index (χ1) is 8.59. The standard InChI is InChI=1S/C14H16FNOS/c1-9-5-3-6-11(13(9)15)17-14(10(2)16)12-7-4-8-18-12/h3-8,10,14H,16H2,1-2H3. The van der Waals surface area contributed by atoms with E-state index in [1.165, 1.54) is 0 Å². The summed E-state index contributed by atoms with van der Waals surface area (Å²) in [7, 11) is 0. The second-order valence-electron chi connectivity index (χ2n) is 4.30. The van der Waals surface area contributed by atoms with Gasteiger partial charge in [-0.3, -0.25) is 0 Å². The normalized spacial score (nSPS) is 14.2. The van der Waals surface area contributed by atoms with E-state index in [9.17, 15) is 4.39 Å². The highest BCUT2D eigenvalue weighted by molar-refractivity contribution is 7.10. The van der Waals surface area contributed by atoms with Gasteiger partial charge in [0.05, 0.1) is 0 Å². The zero-order chi connectivity index (χ0) is 13.1. The summed E-state index contributed by atoms with van der Waals surface area (Å²) in [5, 5.41) is 1.96. The van der Waals surface area contributed by atoms with Crippen LogP contribution < -0.4 is 10.5 Å². The molecule has 0 saturated carbocycles. The summed E-state index contributed by atoms with van der Waals surface area (Å²) in [6.07, 6.45) is -0.318. The molecule has 0 aliphatic rings. The Morgan fingerprint density at radius 2 is 2.06 bits per heavy atom. The molecule has 0 spiro atoms. The lowest BCUT2D eigenvalue weighted by Gasteiger charge is -2.22. The Labute approximate surface area is 110 Å². The molecule has 4 heteroatoms. The van der Waals surface area contributed by atoms with Crippen LogP contribution in [-0.4, -0.2) is 6.04 Å². The molecule has 0 aliphatic carbocycles. The summed E-state index contributed by atoms with van der Waals surface area (Å²) in [6, 6.07) is 8.81. The summed E-state index contributed by atoms with van der Waals surface area (Å²) in [5.41, 5.74) is 6.49. The lowest BCUT2D eigenvalue weighted by atomic mass is 10.1. The number of benzene rings is 1. The molecule has 96 valence electrons. The van der Waals surface area contributed by atoms with Crippen molar-refractivity contribution in [3.8, 4) is 5.75 Å². The van der Waals surface area contributed by atoms with Crippen molar-refractivity contribution >= 4 is 11.3 Å². The lowest BCUT2D eigenvalue weighted by molar-refractivity contribution is 0.176. The molecule has 1 aromatic heterocycles. The van der Waals surface area contributed by atoms with Gasteiger partial charge in [0, 0.05) is 10.9 Å². The van der Waals surface area contributed by atoms with Gasteiger partial charge in [-0.2, -0.15) is 0 Å². The largest absolute Gasteiger partial charge is 0.480 e. The minimum Gasteiger partial charge on any atom is -0.480 e. The fraction of sp³-hybridized carbons (Fsp3) is 0.286. The van der Waals surface area contributed by atoms with Crippen LogP contribution in [0.15, 0.2) is 35.7 Å². The van der Waals surface area contributed by atoms with Gasteiger partial charge < -0.3 is 10.5 Å². The number of thiophene rings is 1. The number of hydrogen-bond acceptors (Lipinski definition) is 3. The third-order valence-corrected chi connectivity index (χ3v) is 3.65. The molecule has 2 aromatic rings. The van der Waals surface area contributed by atoms with E-state index in [1.807, 2.05) is 24.4 Å². The Morgan fingerprint density at radius 1 is 1.28 bits per heavy atom. The van der Waals surface area contributed by atoms with Crippen LogP contribution in [0, 0.1) is 12.7 Å². The van der Waals surface area contributed by atoms with Gasteiger partial charge in [0.15, 0.2) is 11.6 Å². The molecule has 0 fully saturated rings. The fourth-order valence-corrected chi connectivity index (χ4v) is 2.59. The second-order valence-corrected chi connectivity index (χ2v) is 5.28. The highest BCUT2D eigenvalue weighted by Gasteiger charge is 2.21. The monoisotopic (exact) mass is 265 g/mol. The molecule has 2 N–H and O–H groups in total. The van der Waals surface area contributed by atoms with E-state index in [1.54, 1.807) is 36.5 Å². The summed E-state index contributed by atoms with van der Waals surface area (Å²) < 4.78 is 19.6. The second kappa shape index (κ2) is 5.50. The van der Waals surface area contributed by atoms with Crippen LogP contribution in [0.3, 0.4) is 0 Å². The van der Waals surface area contributed by atoms with Gasteiger partial charge in [0.25, 0.3) is 0 Å². The van der Waals surface area contributed by atoms with Crippen molar-refractivity contribution in [3.63, 3.8) is 0 Å². The third-order valence-electron chi connectivity index (χ3n) is 2.71. The van der Waals surface area contributed by atoms with Crippen molar-refractivity contribution in [2.45, 2.75) is 26.0 Å². The van der Waals surface area contributed by atoms with E-state index in [4.69, 9.17) is 10.5 Å². The molecule has 1 heterocycles. The number of ether oxygens (including phenoxy) is 1. The first kappa shape index (κ1) is 13.1. The fourth-order valence-electron chi connectivity index (χ4n) is 1.73. The maximum atomic E-state index is 13.9. The van der Waals surface area contributed by atoms with Gasteiger partial charge in [0.1, 0.15) is 6.10 Å². The van der Waals surface area contributed by atoms with Crippen LogP contribution in [0.1, 0.15) is 23.5 Å². The summed E-state index contributed by atoms with van der Waals surface area (Å²) in [5.74, 6) is -0.0644. The average Bonchev–Trinajstić information content (AvgIpc) is 2.84. The highest BCUT2D eigenvalue weighted by Crippen LogP contribution is 2.29. The van der Waals surface area contributed by atoms with Crippen LogP contribution in [0.25, 0.3) is 0 Å². The summed E-state index contributed by atoms with van der Waals surface area (Å²) >= 11 is 1.56. The van der Waals surface area contributed by atoms with E-state index in [-0.39, 0.29) is 23.7 Å². The van der Waals surface area contributed by atoms with Crippen molar-refractivity contribution in [2.24, 2.45) is 5.73 Å². The minimum atomic E-state index is -0.320. The molecule has 0 saturated heterocycles. The van der Waals surface area contributed by atoms with Crippen molar-refractivity contribution in [1.82, 2.24) is 0 Å². The van der Waals surface area contributed by atoms with E-state index in [2.05, 4.69) is 0 Å². The number of aryl methyl sites for hydroxylation is 1. The van der Waals surface area contributed by atoms with E-state index >= 15 is 0 Å². The molecule has 0 amide bonds. The summed E-state index contributed by atoms with van der Waals surface area (Å²) in [6.45, 7) is 3.58. The lowest BCUT2D eigenvalue weighted by Crippen LogP contribution is -2.28. The SMILES string of the molecule is Cc1cccc(OC(c2cccs2)C(C)N)c1F. The molecule has 2 unspecified atom stereocenters. The Bertz CT molecular complexity index is 511. The minimum absolute atomic E-state index is 0.205. The molecule has 0 aliphatic heterocycles. The van der Waals surface area contributed by atoms with E-state index in [0.29, 0.717) is 5.56 Å². The zero-order valence-electron chi connectivity index (χ0n) is 10.4. The van der Waals surface area contributed by atoms with Gasteiger partial charge in [-0.15, -0.1) is 11.3 Å². The van der Waals surface area contributed by atoms with Gasteiger partial charge in [0.2, 0.25) is 0 Å². The predicted molar refractivity (Wildman–Crippen MR) is 72.5 cm³/mol. The molecule has 0 radical (unpaired) electrons. The number of hydrogen-bond donors (Lipinski definition) is 1. The van der Waals surface area contributed by atoms with Crippen LogP contribution in [0.2, 0.25) is 0 Å². The van der Waals surface area contributed by atoms with Crippen molar-refractivity contribution in [1.29, 1.82) is 0 Å². The van der Waals surface area contributed by atoms with Gasteiger partial charge in [-0.05, 0) is 36.9 Å². The molecule has 2 rings (SSSR count). The van der Waals surface area contributed by atoms with Crippen LogP contribution in [-0.2, 0) is 0 Å². The molecule has 1 aromatic carbocycles. The summed E-state index contributed by atoms with van der Waals surface area (Å²) in [4.78, 5) is 1.01. The van der Waals surface area contributed by atoms with Crippen LogP contribution in [0.4, 0.5) is 4.39 Å². The smallest absolute Gasteiger partial charge is 0.167 e. The quantitative estimate of drug-likeness (QED) is 0.915. The van der Waals surface area contributed by atoms with Crippen molar-refractivity contribution in [2.75, 3.05) is 0 Å². The zero-order valence-corrected chi connectivity index (χ0v) is 11.2. The Balaban J connectivity index is 2.27. The number of halogens is 1. The highest BCUT2D eigenvalue weighted by atomic mass is 32.1. The van der Waals surface area contributed by atoms with Crippen molar-refractivity contribution < 1.29 is 9.13 Å². The van der Waals surface area contributed by atoms with Gasteiger partial charge in [-0.1, -0.05) is 18.2 Å². The Kier molecular flexibility index (Phi) is 3.99. The van der Waals surface area contributed by atoms with Gasteiger partial charge in [-0.25, -0.2) is 4.39 Å². The molecular formula is C14H16FNOS. The molecule has 0 bridgehead atoms. The van der Waals surface area contributed by atoms with E-state index < -0.39 is 0 Å². The molecule has 18 heavy (non-hydrogen) atoms. The molecule has 2 nitrogen and oxygen atoms in total. The van der Waals surface area contributed by atoms with Crippen molar-refractivity contribution in [3.05, 3.63) is 52.0 Å². The Morgan fingerprint density at radius 3 is 2.67 bits per heavy atom. The number of nitrogens with two attached hydrogens (primary N) is 1. The topological polar surface area (TPSA) is 35.2 Å². The molecule has 2 atom stereocenters. The average molecular weight is 265 g/mol. The van der Waals surface area contributed by atoms with Crippen LogP contribution in [0.5, 0.6) is 5.75 Å². The molecular weight excluding hydrogens is 249 g/mol. The number of rotatable bonds is 4. The maximum absolute atomic E-state index is 13.9. The van der Waals surface area contributed by atoms with E-state index in [0.717, 1.165) is 4.88 Å². The van der Waals surface area contributed by atoms with Gasteiger partial charge >= 0.3 is 0 Å². The first-order valence-electron chi connectivity index (χ1n) is 5.80. The third kappa shape index (κ3) is 2.71. The predicted octanol–water partition coefficient (Wildman–Crippen LogP) is 3.66. The maximum Gasteiger partial charge on any atom is 0.167 e. The van der Waals surface area contributed by atoms with Crippen LogP contribution >= 0.6 is 11.3 Å².